The third-order valence-corrected chi connectivity index (χ3v) is 11.1. The van der Waals surface area contributed by atoms with Crippen molar-refractivity contribution in [2.45, 2.75) is 19.3 Å². The molecular weight excluding hydrogens is 591 g/mol. The molecule has 0 radical (unpaired) electrons. The van der Waals surface area contributed by atoms with E-state index in [1.807, 2.05) is 6.07 Å². The molecule has 0 saturated carbocycles. The average molecular weight is 620 g/mol. The molecule has 0 amide bonds. The highest BCUT2D eigenvalue weighted by Crippen LogP contribution is 2.53. The van der Waals surface area contributed by atoms with Crippen LogP contribution in [0.2, 0.25) is 0 Å². The van der Waals surface area contributed by atoms with Gasteiger partial charge in [-0.25, -0.2) is 9.97 Å². The number of fused-ring (bicyclic) bond motifs is 10. The molecule has 0 fully saturated rings. The van der Waals surface area contributed by atoms with Crippen molar-refractivity contribution >= 4 is 53.4 Å². The first-order valence-corrected chi connectivity index (χ1v) is 16.9. The molecule has 1 aliphatic carbocycles. The van der Waals surface area contributed by atoms with E-state index in [4.69, 9.17) is 9.97 Å². The normalized spacial score (nSPS) is 13.5. The van der Waals surface area contributed by atoms with Gasteiger partial charge in [0.25, 0.3) is 0 Å². The molecule has 10 rings (SSSR count). The summed E-state index contributed by atoms with van der Waals surface area (Å²) < 4.78 is 3.71. The van der Waals surface area contributed by atoms with Gasteiger partial charge in [0.2, 0.25) is 0 Å². The molecule has 3 aromatic heterocycles. The number of thiophene rings is 1. The van der Waals surface area contributed by atoms with Gasteiger partial charge in [-0.15, -0.1) is 11.3 Å². The molecule has 0 bridgehead atoms. The highest BCUT2D eigenvalue weighted by molar-refractivity contribution is 7.25. The van der Waals surface area contributed by atoms with Crippen molar-refractivity contribution < 1.29 is 0 Å². The fraction of sp³-hybridized carbons (Fsp3) is 0.0698. The summed E-state index contributed by atoms with van der Waals surface area (Å²) in [5, 5.41) is 4.86. The topological polar surface area (TPSA) is 30.7 Å². The molecule has 0 unspecified atom stereocenters. The largest absolute Gasteiger partial charge is 0.309 e. The lowest BCUT2D eigenvalue weighted by molar-refractivity contribution is 0.664. The molecule has 4 heteroatoms. The van der Waals surface area contributed by atoms with E-state index >= 15 is 0 Å². The molecule has 9 aromatic rings. The lowest BCUT2D eigenvalue weighted by Crippen LogP contribution is -2.16. The summed E-state index contributed by atoms with van der Waals surface area (Å²) in [7, 11) is 0. The van der Waals surface area contributed by atoms with Crippen LogP contribution < -0.4 is 0 Å². The van der Waals surface area contributed by atoms with E-state index in [-0.39, 0.29) is 5.41 Å². The number of rotatable bonds is 3. The average Bonchev–Trinajstić information content (AvgIpc) is 3.74. The summed E-state index contributed by atoms with van der Waals surface area (Å²) in [5.74, 6) is 0.749. The summed E-state index contributed by atoms with van der Waals surface area (Å²) in [6, 6.07) is 50.2. The molecule has 47 heavy (non-hydrogen) atoms. The van der Waals surface area contributed by atoms with Crippen LogP contribution in [-0.4, -0.2) is 14.5 Å². The van der Waals surface area contributed by atoms with Crippen molar-refractivity contribution in [1.29, 1.82) is 0 Å². The molecule has 0 spiro atoms. The molecule has 0 saturated heterocycles. The van der Waals surface area contributed by atoms with Gasteiger partial charge in [-0.05, 0) is 46.5 Å². The first-order chi connectivity index (χ1) is 23.1. The van der Waals surface area contributed by atoms with Crippen LogP contribution in [0.25, 0.3) is 81.6 Å². The van der Waals surface area contributed by atoms with E-state index in [9.17, 15) is 0 Å². The second-order valence-corrected chi connectivity index (χ2v) is 14.0. The predicted molar refractivity (Wildman–Crippen MR) is 198 cm³/mol. The van der Waals surface area contributed by atoms with Gasteiger partial charge in [-0.3, -0.25) is 0 Å². The number of benzene rings is 6. The monoisotopic (exact) mass is 619 g/mol. The molecule has 6 aromatic carbocycles. The maximum absolute atomic E-state index is 5.31. The Balaban J connectivity index is 1.28. The Labute approximate surface area is 276 Å². The van der Waals surface area contributed by atoms with Gasteiger partial charge < -0.3 is 4.57 Å². The van der Waals surface area contributed by atoms with Crippen molar-refractivity contribution in [1.82, 2.24) is 14.5 Å². The predicted octanol–water partition coefficient (Wildman–Crippen LogP) is 11.6. The molecule has 1 aliphatic rings. The third kappa shape index (κ3) is 3.73. The van der Waals surface area contributed by atoms with Crippen LogP contribution in [0.5, 0.6) is 0 Å². The van der Waals surface area contributed by atoms with Crippen molar-refractivity contribution in [2.24, 2.45) is 0 Å². The maximum Gasteiger partial charge on any atom is 0.161 e. The fourth-order valence-corrected chi connectivity index (χ4v) is 9.00. The lowest BCUT2D eigenvalue weighted by Gasteiger charge is -2.23. The number of nitrogens with zero attached hydrogens (tertiary/aromatic N) is 3. The Morgan fingerprint density at radius 2 is 1.34 bits per heavy atom. The van der Waals surface area contributed by atoms with E-state index < -0.39 is 0 Å². The molecule has 3 heterocycles. The maximum atomic E-state index is 5.31. The van der Waals surface area contributed by atoms with Gasteiger partial charge in [-0.1, -0.05) is 129 Å². The molecule has 222 valence electrons. The Hall–Kier alpha value is -5.58. The van der Waals surface area contributed by atoms with Crippen molar-refractivity contribution in [3.8, 4) is 39.5 Å². The number of aromatic nitrogens is 3. The number of para-hydroxylation sites is 1. The summed E-state index contributed by atoms with van der Waals surface area (Å²) in [6.07, 6.45) is 0. The highest BCUT2D eigenvalue weighted by Gasteiger charge is 2.38. The zero-order chi connectivity index (χ0) is 31.3. The Morgan fingerprint density at radius 1 is 0.596 bits per heavy atom. The zero-order valence-corrected chi connectivity index (χ0v) is 26.8. The molecule has 0 N–H and O–H groups in total. The minimum atomic E-state index is -0.145. The van der Waals surface area contributed by atoms with E-state index in [0.717, 1.165) is 38.5 Å². The second kappa shape index (κ2) is 9.71. The minimum absolute atomic E-state index is 0.145. The summed E-state index contributed by atoms with van der Waals surface area (Å²) in [5.41, 5.74) is 12.0. The quantitative estimate of drug-likeness (QED) is 0.197. The summed E-state index contributed by atoms with van der Waals surface area (Å²) in [4.78, 5) is 11.4. The van der Waals surface area contributed by atoms with Crippen LogP contribution in [0, 0.1) is 0 Å². The Kier molecular flexibility index (Phi) is 5.50. The fourth-order valence-electron chi connectivity index (χ4n) is 7.92. The van der Waals surface area contributed by atoms with Gasteiger partial charge in [0.05, 0.1) is 16.7 Å². The van der Waals surface area contributed by atoms with Crippen LogP contribution in [0.4, 0.5) is 0 Å². The van der Waals surface area contributed by atoms with E-state index in [2.05, 4.69) is 152 Å². The van der Waals surface area contributed by atoms with Crippen LogP contribution in [0.3, 0.4) is 0 Å². The first kappa shape index (κ1) is 26.6. The van der Waals surface area contributed by atoms with Gasteiger partial charge in [0.15, 0.2) is 5.82 Å². The van der Waals surface area contributed by atoms with Gasteiger partial charge in [0.1, 0.15) is 4.83 Å². The molecular formula is C43H29N3S. The van der Waals surface area contributed by atoms with E-state index in [1.54, 1.807) is 11.3 Å². The van der Waals surface area contributed by atoms with Crippen molar-refractivity contribution in [2.75, 3.05) is 0 Å². The van der Waals surface area contributed by atoms with E-state index in [1.165, 1.54) is 54.1 Å². The molecule has 0 aliphatic heterocycles. The van der Waals surface area contributed by atoms with Crippen LogP contribution in [0.1, 0.15) is 25.0 Å². The van der Waals surface area contributed by atoms with Gasteiger partial charge >= 0.3 is 0 Å². The standard InChI is InChI=1S/C43H29N3S/c1-43(2)34-20-9-6-17-29(34)31-23-24-32-30-18-7-10-21-35(30)46(40(32)38(31)43)28-16-12-15-27(25-28)39-37-33-19-8-11-22-36(33)47-42(37)45-41(44-39)26-13-4-3-5-14-26/h3-25H,1-2H3. The van der Waals surface area contributed by atoms with Crippen molar-refractivity contribution in [3.05, 3.63) is 151 Å². The van der Waals surface area contributed by atoms with E-state index in [0.29, 0.717) is 0 Å². The van der Waals surface area contributed by atoms with Crippen LogP contribution >= 0.6 is 11.3 Å². The van der Waals surface area contributed by atoms with Crippen molar-refractivity contribution in [3.63, 3.8) is 0 Å². The second-order valence-electron chi connectivity index (χ2n) is 13.0. The number of hydrogen-bond donors (Lipinski definition) is 0. The van der Waals surface area contributed by atoms with Crippen LogP contribution in [-0.2, 0) is 5.41 Å². The first-order valence-electron chi connectivity index (χ1n) is 16.1. The van der Waals surface area contributed by atoms with Crippen LogP contribution in [0.15, 0.2) is 140 Å². The minimum Gasteiger partial charge on any atom is -0.309 e. The Morgan fingerprint density at radius 3 is 2.23 bits per heavy atom. The van der Waals surface area contributed by atoms with Gasteiger partial charge in [0, 0.05) is 48.5 Å². The molecule has 0 atom stereocenters. The molecule has 3 nitrogen and oxygen atoms in total. The highest BCUT2D eigenvalue weighted by atomic mass is 32.1. The summed E-state index contributed by atoms with van der Waals surface area (Å²) in [6.45, 7) is 4.75. The summed E-state index contributed by atoms with van der Waals surface area (Å²) >= 11 is 1.74. The smallest absolute Gasteiger partial charge is 0.161 e. The third-order valence-electron chi connectivity index (χ3n) is 10.0. The zero-order valence-electron chi connectivity index (χ0n) is 26.0. The SMILES string of the molecule is CC1(C)c2ccccc2-c2ccc3c4ccccc4n(-c4cccc(-c5nc(-c6ccccc6)nc6sc7ccccc7c56)c4)c3c21. The van der Waals surface area contributed by atoms with Gasteiger partial charge in [-0.2, -0.15) is 0 Å². The Bertz CT molecular complexity index is 2710. The lowest BCUT2D eigenvalue weighted by atomic mass is 9.81. The number of hydrogen-bond acceptors (Lipinski definition) is 3.